The van der Waals surface area contributed by atoms with Crippen molar-refractivity contribution in [1.29, 1.82) is 5.26 Å². The summed E-state index contributed by atoms with van der Waals surface area (Å²) < 4.78 is 0.892. The molecule has 92 valence electrons. The molecular formula is C12H15BrN2OS. The molecule has 17 heavy (non-hydrogen) atoms. The maximum absolute atomic E-state index is 9.05. The molecule has 0 bridgehead atoms. The minimum Gasteiger partial charge on any atom is -0.396 e. The average molecular weight is 315 g/mol. The average Bonchev–Trinajstić information content (AvgIpc) is 2.32. The molecule has 0 aliphatic carbocycles. The van der Waals surface area contributed by atoms with Crippen LogP contribution in [0.4, 0.5) is 5.69 Å². The van der Waals surface area contributed by atoms with Gasteiger partial charge in [-0.2, -0.15) is 17.0 Å². The molecule has 0 amide bonds. The standard InChI is InChI=1S/C12H15BrN2OS/c1-17-8-11(4-5-16)15-12-3-2-10(13)6-9(12)7-14/h2-3,6,11,15-16H,4-5,8H2,1H3/t11-/m0/s1. The van der Waals surface area contributed by atoms with E-state index in [-0.39, 0.29) is 12.6 Å². The Kier molecular flexibility index (Phi) is 6.41. The fraction of sp³-hybridized carbons (Fsp3) is 0.417. The number of benzene rings is 1. The van der Waals surface area contributed by atoms with Gasteiger partial charge in [0.2, 0.25) is 0 Å². The van der Waals surface area contributed by atoms with E-state index in [0.29, 0.717) is 12.0 Å². The SMILES string of the molecule is CSC[C@H](CCO)Nc1ccc(Br)cc1C#N. The van der Waals surface area contributed by atoms with Gasteiger partial charge in [0.15, 0.2) is 0 Å². The summed E-state index contributed by atoms with van der Waals surface area (Å²) in [5.74, 6) is 0.904. The van der Waals surface area contributed by atoms with Crippen molar-refractivity contribution in [1.82, 2.24) is 0 Å². The molecule has 1 aromatic rings. The summed E-state index contributed by atoms with van der Waals surface area (Å²) in [7, 11) is 0. The fourth-order valence-corrected chi connectivity index (χ4v) is 2.52. The van der Waals surface area contributed by atoms with E-state index in [9.17, 15) is 0 Å². The number of hydrogen-bond acceptors (Lipinski definition) is 4. The lowest BCUT2D eigenvalue weighted by atomic mass is 10.1. The van der Waals surface area contributed by atoms with Gasteiger partial charge in [0.25, 0.3) is 0 Å². The smallest absolute Gasteiger partial charge is 0.101 e. The van der Waals surface area contributed by atoms with Crippen LogP contribution in [0.15, 0.2) is 22.7 Å². The second-order valence-corrected chi connectivity index (χ2v) is 5.44. The van der Waals surface area contributed by atoms with Gasteiger partial charge in [0.05, 0.1) is 11.3 Å². The lowest BCUT2D eigenvalue weighted by Crippen LogP contribution is -2.24. The largest absolute Gasteiger partial charge is 0.396 e. The van der Waals surface area contributed by atoms with Crippen molar-refractivity contribution < 1.29 is 5.11 Å². The molecule has 0 saturated carbocycles. The zero-order valence-electron chi connectivity index (χ0n) is 9.61. The minimum atomic E-state index is 0.149. The first-order chi connectivity index (χ1) is 8.21. The molecule has 0 heterocycles. The van der Waals surface area contributed by atoms with Gasteiger partial charge < -0.3 is 10.4 Å². The first-order valence-electron chi connectivity index (χ1n) is 5.27. The van der Waals surface area contributed by atoms with Crippen molar-refractivity contribution in [3.8, 4) is 6.07 Å². The molecule has 0 radical (unpaired) electrons. The van der Waals surface area contributed by atoms with Crippen molar-refractivity contribution in [2.45, 2.75) is 12.5 Å². The number of nitrogens with one attached hydrogen (secondary N) is 1. The van der Waals surface area contributed by atoms with Gasteiger partial charge in [-0.25, -0.2) is 0 Å². The summed E-state index contributed by atoms with van der Waals surface area (Å²) in [5.41, 5.74) is 1.44. The molecule has 2 N–H and O–H groups in total. The van der Waals surface area contributed by atoms with E-state index in [1.807, 2.05) is 18.4 Å². The van der Waals surface area contributed by atoms with E-state index >= 15 is 0 Å². The van der Waals surface area contributed by atoms with Crippen molar-refractivity contribution in [3.63, 3.8) is 0 Å². The Morgan fingerprint density at radius 2 is 2.35 bits per heavy atom. The highest BCUT2D eigenvalue weighted by Crippen LogP contribution is 2.22. The van der Waals surface area contributed by atoms with Gasteiger partial charge in [-0.15, -0.1) is 0 Å². The van der Waals surface area contributed by atoms with Crippen molar-refractivity contribution in [2.75, 3.05) is 23.9 Å². The molecule has 5 heteroatoms. The van der Waals surface area contributed by atoms with Crippen LogP contribution < -0.4 is 5.32 Å². The Morgan fingerprint density at radius 1 is 1.59 bits per heavy atom. The maximum Gasteiger partial charge on any atom is 0.101 e. The Morgan fingerprint density at radius 3 is 2.94 bits per heavy atom. The third-order valence-corrected chi connectivity index (χ3v) is 3.54. The van der Waals surface area contributed by atoms with E-state index in [4.69, 9.17) is 10.4 Å². The fourth-order valence-electron chi connectivity index (χ4n) is 1.51. The number of thioether (sulfide) groups is 1. The number of rotatable bonds is 6. The Bertz CT molecular complexity index is 400. The van der Waals surface area contributed by atoms with Gasteiger partial charge in [0, 0.05) is 22.9 Å². The van der Waals surface area contributed by atoms with Crippen LogP contribution in [0.3, 0.4) is 0 Å². The van der Waals surface area contributed by atoms with E-state index in [0.717, 1.165) is 15.9 Å². The van der Waals surface area contributed by atoms with E-state index in [1.54, 1.807) is 17.8 Å². The number of hydrogen-bond donors (Lipinski definition) is 2. The summed E-state index contributed by atoms with van der Waals surface area (Å²) in [4.78, 5) is 0. The maximum atomic E-state index is 9.05. The molecule has 0 saturated heterocycles. The molecule has 0 unspecified atom stereocenters. The van der Waals surface area contributed by atoms with E-state index < -0.39 is 0 Å². The zero-order chi connectivity index (χ0) is 12.7. The summed E-state index contributed by atoms with van der Waals surface area (Å²) >= 11 is 5.06. The van der Waals surface area contributed by atoms with Gasteiger partial charge in [-0.1, -0.05) is 15.9 Å². The quantitative estimate of drug-likeness (QED) is 0.847. The number of aliphatic hydroxyl groups excluding tert-OH is 1. The van der Waals surface area contributed by atoms with Gasteiger partial charge in [-0.05, 0) is 30.9 Å². The van der Waals surface area contributed by atoms with Crippen molar-refractivity contribution in [2.24, 2.45) is 0 Å². The number of anilines is 1. The molecule has 0 aromatic heterocycles. The van der Waals surface area contributed by atoms with Crippen LogP contribution in [0.25, 0.3) is 0 Å². The molecule has 1 atom stereocenters. The van der Waals surface area contributed by atoms with Crippen LogP contribution in [0, 0.1) is 11.3 Å². The molecule has 0 fully saturated rings. The molecule has 1 rings (SSSR count). The first-order valence-corrected chi connectivity index (χ1v) is 7.46. The predicted molar refractivity (Wildman–Crippen MR) is 76.4 cm³/mol. The Hall–Kier alpha value is -0.700. The summed E-state index contributed by atoms with van der Waals surface area (Å²) in [6.07, 6.45) is 2.71. The van der Waals surface area contributed by atoms with Gasteiger partial charge in [0.1, 0.15) is 6.07 Å². The summed E-state index contributed by atoms with van der Waals surface area (Å²) in [6, 6.07) is 7.92. The first kappa shape index (κ1) is 14.4. The van der Waals surface area contributed by atoms with Crippen LogP contribution >= 0.6 is 27.7 Å². The minimum absolute atomic E-state index is 0.149. The third-order valence-electron chi connectivity index (χ3n) is 2.31. The van der Waals surface area contributed by atoms with Crippen molar-refractivity contribution in [3.05, 3.63) is 28.2 Å². The number of nitrogens with zero attached hydrogens (tertiary/aromatic N) is 1. The van der Waals surface area contributed by atoms with Crippen LogP contribution in [0.2, 0.25) is 0 Å². The predicted octanol–water partition coefficient (Wildman–Crippen LogP) is 2.85. The second kappa shape index (κ2) is 7.59. The van der Waals surface area contributed by atoms with E-state index in [2.05, 4.69) is 27.3 Å². The highest BCUT2D eigenvalue weighted by Gasteiger charge is 2.10. The zero-order valence-corrected chi connectivity index (χ0v) is 12.0. The summed E-state index contributed by atoms with van der Waals surface area (Å²) in [6.45, 7) is 0.149. The lowest BCUT2D eigenvalue weighted by molar-refractivity contribution is 0.282. The van der Waals surface area contributed by atoms with Crippen LogP contribution in [-0.4, -0.2) is 29.8 Å². The lowest BCUT2D eigenvalue weighted by Gasteiger charge is -2.18. The molecule has 0 spiro atoms. The highest BCUT2D eigenvalue weighted by molar-refractivity contribution is 9.10. The van der Waals surface area contributed by atoms with Gasteiger partial charge in [-0.3, -0.25) is 0 Å². The molecule has 3 nitrogen and oxygen atoms in total. The van der Waals surface area contributed by atoms with Crippen LogP contribution in [-0.2, 0) is 0 Å². The highest BCUT2D eigenvalue weighted by atomic mass is 79.9. The summed E-state index contributed by atoms with van der Waals surface area (Å²) in [5, 5.41) is 21.3. The molecule has 0 aliphatic rings. The second-order valence-electron chi connectivity index (χ2n) is 3.61. The van der Waals surface area contributed by atoms with Crippen LogP contribution in [0.5, 0.6) is 0 Å². The normalized spacial score (nSPS) is 11.9. The molecule has 0 aliphatic heterocycles. The number of nitriles is 1. The number of aliphatic hydroxyl groups is 1. The number of halogens is 1. The van der Waals surface area contributed by atoms with Crippen molar-refractivity contribution >= 4 is 33.4 Å². The Labute approximate surface area is 114 Å². The van der Waals surface area contributed by atoms with Gasteiger partial charge >= 0.3 is 0 Å². The topological polar surface area (TPSA) is 56.0 Å². The molecule has 1 aromatic carbocycles. The Balaban J connectivity index is 2.81. The monoisotopic (exact) mass is 314 g/mol. The van der Waals surface area contributed by atoms with Crippen LogP contribution in [0.1, 0.15) is 12.0 Å². The third kappa shape index (κ3) is 4.58. The molecular weight excluding hydrogens is 300 g/mol. The van der Waals surface area contributed by atoms with E-state index in [1.165, 1.54) is 0 Å².